The van der Waals surface area contributed by atoms with Crippen LogP contribution in [0, 0.1) is 0 Å². The Bertz CT molecular complexity index is 186. The predicted molar refractivity (Wildman–Crippen MR) is 85.1 cm³/mol. The van der Waals surface area contributed by atoms with Gasteiger partial charge in [0, 0.05) is 8.07 Å². The molecule has 0 heterocycles. The van der Waals surface area contributed by atoms with Crippen molar-refractivity contribution in [1.82, 2.24) is 4.00 Å². The highest BCUT2D eigenvalue weighted by molar-refractivity contribution is 7.46. The van der Waals surface area contributed by atoms with E-state index in [-0.39, 0.29) is 0 Å². The molecule has 15 heavy (non-hydrogen) atoms. The van der Waals surface area contributed by atoms with Crippen LogP contribution in [0.5, 0.6) is 0 Å². The molecule has 0 aromatic rings. The smallest absolute Gasteiger partial charge is 0.115 e. The van der Waals surface area contributed by atoms with Crippen LogP contribution in [-0.2, 0) is 0 Å². The zero-order chi connectivity index (χ0) is 12.5. The van der Waals surface area contributed by atoms with Crippen molar-refractivity contribution < 1.29 is 0 Å². The molecular formula is C10H30NPSi3. The number of nitrogens with zero attached hydrogens (tertiary/aromatic N) is 1. The fraction of sp³-hybridized carbons (Fsp3) is 1.00. The molecule has 0 aliphatic rings. The van der Waals surface area contributed by atoms with Crippen molar-refractivity contribution in [2.45, 2.75) is 58.9 Å². The zero-order valence-electron chi connectivity index (χ0n) is 12.2. The minimum absolute atomic E-state index is 0.862. The summed E-state index contributed by atoms with van der Waals surface area (Å²) in [6.07, 6.45) is 0. The summed E-state index contributed by atoms with van der Waals surface area (Å²) in [6, 6.07) is 0. The van der Waals surface area contributed by atoms with Gasteiger partial charge in [0.1, 0.15) is 16.5 Å². The lowest BCUT2D eigenvalue weighted by molar-refractivity contribution is 0.987. The fourth-order valence-corrected chi connectivity index (χ4v) is 17.6. The number of hydrogen-bond donors (Lipinski definition) is 0. The molecule has 0 radical (unpaired) electrons. The molecule has 0 aromatic heterocycles. The van der Waals surface area contributed by atoms with Crippen molar-refractivity contribution in [3.8, 4) is 0 Å². The Labute approximate surface area is 102 Å². The van der Waals surface area contributed by atoms with E-state index in [1.54, 1.807) is 0 Å². The van der Waals surface area contributed by atoms with Crippen LogP contribution in [0.2, 0.25) is 58.9 Å². The second kappa shape index (κ2) is 5.13. The summed E-state index contributed by atoms with van der Waals surface area (Å²) in [6.45, 7) is 22.5. The van der Waals surface area contributed by atoms with Crippen LogP contribution in [0.4, 0.5) is 0 Å². The van der Waals surface area contributed by atoms with E-state index in [1.807, 2.05) is 0 Å². The highest BCUT2D eigenvalue weighted by Gasteiger charge is 2.34. The normalized spacial score (nSPS) is 15.6. The lowest BCUT2D eigenvalue weighted by atomic mass is 11.8. The zero-order valence-corrected chi connectivity index (χ0v) is 16.2. The van der Waals surface area contributed by atoms with Gasteiger partial charge in [0.15, 0.2) is 0 Å². The van der Waals surface area contributed by atoms with Gasteiger partial charge >= 0.3 is 0 Å². The van der Waals surface area contributed by atoms with Crippen molar-refractivity contribution >= 4 is 33.3 Å². The van der Waals surface area contributed by atoms with Crippen LogP contribution in [0.1, 0.15) is 0 Å². The van der Waals surface area contributed by atoms with E-state index in [2.05, 4.69) is 62.9 Å². The summed E-state index contributed by atoms with van der Waals surface area (Å²) >= 11 is 0. The van der Waals surface area contributed by atoms with E-state index < -0.39 is 24.5 Å². The average Bonchev–Trinajstić information content (AvgIpc) is 1.75. The van der Waals surface area contributed by atoms with Crippen molar-refractivity contribution in [2.24, 2.45) is 0 Å². The summed E-state index contributed by atoms with van der Waals surface area (Å²) < 4.78 is 2.94. The van der Waals surface area contributed by atoms with Crippen molar-refractivity contribution in [3.05, 3.63) is 0 Å². The predicted octanol–water partition coefficient (Wildman–Crippen LogP) is 4.43. The first-order valence-corrected chi connectivity index (χ1v) is 17.6. The second-order valence-corrected chi connectivity index (χ2v) is 25.8. The van der Waals surface area contributed by atoms with Gasteiger partial charge in [-0.2, -0.15) is 0 Å². The number of hydrogen-bond acceptors (Lipinski definition) is 1. The first-order valence-electron chi connectivity index (χ1n) is 5.88. The third-order valence-corrected chi connectivity index (χ3v) is 19.0. The third kappa shape index (κ3) is 7.06. The molecule has 0 saturated carbocycles. The van der Waals surface area contributed by atoms with E-state index >= 15 is 0 Å². The first kappa shape index (κ1) is 16.0. The molecule has 92 valence electrons. The first-order chi connectivity index (χ1) is 6.34. The topological polar surface area (TPSA) is 3.24 Å². The van der Waals surface area contributed by atoms with Crippen molar-refractivity contribution in [2.75, 3.05) is 5.79 Å². The van der Waals surface area contributed by atoms with Crippen LogP contribution >= 0.6 is 8.73 Å². The van der Waals surface area contributed by atoms with Gasteiger partial charge in [-0.15, -0.1) is 0 Å². The molecule has 1 unspecified atom stereocenters. The molecule has 0 aliphatic heterocycles. The van der Waals surface area contributed by atoms with Crippen LogP contribution in [0.3, 0.4) is 0 Å². The maximum absolute atomic E-state index is 2.94. The van der Waals surface area contributed by atoms with Crippen LogP contribution < -0.4 is 0 Å². The van der Waals surface area contributed by atoms with E-state index in [0.717, 1.165) is 8.73 Å². The van der Waals surface area contributed by atoms with Crippen molar-refractivity contribution in [1.29, 1.82) is 0 Å². The highest BCUT2D eigenvalue weighted by Crippen LogP contribution is 2.34. The Morgan fingerprint density at radius 1 is 0.733 bits per heavy atom. The Morgan fingerprint density at radius 2 is 1.07 bits per heavy atom. The van der Waals surface area contributed by atoms with Gasteiger partial charge in [-0.1, -0.05) is 67.7 Å². The largest absolute Gasteiger partial charge is 0.327 e. The molecule has 0 aliphatic carbocycles. The summed E-state index contributed by atoms with van der Waals surface area (Å²) in [5.74, 6) is 1.49. The summed E-state index contributed by atoms with van der Waals surface area (Å²) in [5.41, 5.74) is 0. The maximum atomic E-state index is 2.94. The highest BCUT2D eigenvalue weighted by atomic mass is 31.1. The third-order valence-electron chi connectivity index (χ3n) is 2.11. The van der Waals surface area contributed by atoms with E-state index in [0.29, 0.717) is 0 Å². The van der Waals surface area contributed by atoms with Gasteiger partial charge in [-0.3, -0.25) is 0 Å². The maximum Gasteiger partial charge on any atom is 0.115 e. The Hall–Kier alpha value is 1.04. The minimum atomic E-state index is -1.09. The average molecular weight is 280 g/mol. The summed E-state index contributed by atoms with van der Waals surface area (Å²) in [4.78, 5) is 0. The quantitative estimate of drug-likeness (QED) is 0.531. The second-order valence-electron chi connectivity index (χ2n) is 7.57. The summed E-state index contributed by atoms with van der Waals surface area (Å²) in [7, 11) is -1.95. The molecule has 5 heteroatoms. The number of rotatable bonds is 5. The van der Waals surface area contributed by atoms with Crippen LogP contribution in [-0.4, -0.2) is 34.3 Å². The Morgan fingerprint density at radius 3 is 1.27 bits per heavy atom. The van der Waals surface area contributed by atoms with E-state index in [1.165, 1.54) is 5.79 Å². The molecule has 1 atom stereocenters. The fourth-order valence-electron chi connectivity index (χ4n) is 1.80. The van der Waals surface area contributed by atoms with E-state index in [4.69, 9.17) is 0 Å². The van der Waals surface area contributed by atoms with Gasteiger partial charge in [0.25, 0.3) is 0 Å². The van der Waals surface area contributed by atoms with Crippen LogP contribution in [0.15, 0.2) is 0 Å². The molecule has 0 saturated heterocycles. The van der Waals surface area contributed by atoms with Crippen LogP contribution in [0.25, 0.3) is 0 Å². The Kier molecular flexibility index (Phi) is 5.49. The Balaban J connectivity index is 4.56. The molecule has 1 nitrogen and oxygen atoms in total. The van der Waals surface area contributed by atoms with Gasteiger partial charge in [-0.05, 0) is 5.79 Å². The molecule has 0 aromatic carbocycles. The molecule has 0 N–H and O–H groups in total. The summed E-state index contributed by atoms with van der Waals surface area (Å²) in [5, 5.41) is 0. The molecule has 0 rings (SSSR count). The van der Waals surface area contributed by atoms with Gasteiger partial charge in [0.2, 0.25) is 0 Å². The van der Waals surface area contributed by atoms with Crippen molar-refractivity contribution in [3.63, 3.8) is 0 Å². The monoisotopic (exact) mass is 279 g/mol. The minimum Gasteiger partial charge on any atom is -0.327 e. The molecule has 0 bridgehead atoms. The SMILES string of the molecule is C[Si](C)(C)CPN([Si](C)(C)C)[Si](C)(C)C. The van der Waals surface area contributed by atoms with Gasteiger partial charge in [0.05, 0.1) is 0 Å². The standard InChI is InChI=1S/C10H30NPSi3/c1-13(2,3)10-12-11(14(4,5)6)15(7,8)9/h12H,10H2,1-9H3. The van der Waals surface area contributed by atoms with E-state index in [9.17, 15) is 0 Å². The molecule has 0 spiro atoms. The molecule has 0 fully saturated rings. The lowest BCUT2D eigenvalue weighted by Gasteiger charge is -2.44. The van der Waals surface area contributed by atoms with Gasteiger partial charge in [-0.25, -0.2) is 0 Å². The lowest BCUT2D eigenvalue weighted by Crippen LogP contribution is -2.54. The molecular weight excluding hydrogens is 249 g/mol. The van der Waals surface area contributed by atoms with Gasteiger partial charge < -0.3 is 4.00 Å². The molecule has 0 amide bonds.